The number of aliphatic carboxylic acids is 4. The van der Waals surface area contributed by atoms with Crippen LogP contribution in [0.4, 0.5) is 0 Å². The minimum atomic E-state index is -2.00. The molecule has 0 saturated heterocycles. The van der Waals surface area contributed by atoms with Crippen molar-refractivity contribution in [1.82, 2.24) is 63.5 Å². The van der Waals surface area contributed by atoms with Gasteiger partial charge in [0.1, 0.15) is 66.5 Å². The van der Waals surface area contributed by atoms with E-state index in [1.807, 2.05) is 0 Å². The van der Waals surface area contributed by atoms with Crippen molar-refractivity contribution in [3.63, 3.8) is 0 Å². The van der Waals surface area contributed by atoms with Gasteiger partial charge in [-0.3, -0.25) is 76.9 Å². The van der Waals surface area contributed by atoms with Crippen LogP contribution in [0.3, 0.4) is 0 Å². The molecule has 0 radical (unpaired) electrons. The minimum Gasteiger partial charge on any atom is -0.481 e. The number of fused-ring (bicyclic) bond motifs is 1. The number of amides is 12. The first kappa shape index (κ1) is 87.9. The van der Waals surface area contributed by atoms with E-state index in [4.69, 9.17) is 28.7 Å². The lowest BCUT2D eigenvalue weighted by molar-refractivity contribution is -0.144. The second-order valence-electron chi connectivity index (χ2n) is 25.6. The zero-order chi connectivity index (χ0) is 78.8. The van der Waals surface area contributed by atoms with Crippen molar-refractivity contribution in [2.75, 3.05) is 13.1 Å². The number of hydrogen-bond donors (Lipinski definition) is 21. The molecule has 0 aliphatic rings. The maximum Gasteiger partial charge on any atom is 0.326 e. The highest BCUT2D eigenvalue weighted by molar-refractivity contribution is 6.01. The number of nitrogens with one attached hydrogen (secondary N) is 12. The number of aliphatic imine (C=N–C) groups is 1. The van der Waals surface area contributed by atoms with Crippen LogP contribution in [0.25, 0.3) is 10.9 Å². The lowest BCUT2D eigenvalue weighted by atomic mass is 9.96. The molecule has 0 bridgehead atoms. The lowest BCUT2D eigenvalue weighted by Crippen LogP contribution is -2.61. The van der Waals surface area contributed by atoms with Crippen molar-refractivity contribution in [1.29, 1.82) is 0 Å². The van der Waals surface area contributed by atoms with E-state index >= 15 is 0 Å². The van der Waals surface area contributed by atoms with Crippen molar-refractivity contribution in [3.05, 3.63) is 71.9 Å². The van der Waals surface area contributed by atoms with Gasteiger partial charge in [0, 0.05) is 42.9 Å². The smallest absolute Gasteiger partial charge is 0.326 e. The molecular weight excluding hydrogens is 1380 g/mol. The number of H-pyrrole nitrogens is 1. The maximum absolute atomic E-state index is 14.6. The standard InChI is InChI=1S/C67H100N18O20/c1-7-34(4)54(65(103)80-45(66(104)105)21-15-27-73-67(71)72)85-63(101)48(31-52(91)92)83-64(102)53(33(2)3)84-56(94)36(6)75-58(96)44(23-25-50(87)88)79-62(100)46(29-38-32-74-41-19-12-11-18-39(38)41)81-55(93)35(5)76-61(99)47(30-51(89)90)82-60(98)43(22-24-49(70)86)78-59(97)42(20-13-14-26-68)77-57(95)40(69)28-37-16-9-8-10-17-37/h8-12,16-19,32-36,40,42-48,53-54,74H,7,13-15,20-31,68-69H2,1-6H3,(H2,70,86)(H,75,96)(H,76,99)(H,77,95)(H,78,97)(H,79,100)(H,80,103)(H,81,93)(H,82,98)(H,83,102)(H,84,94)(H,85,101)(H,87,88)(H,89,90)(H,91,92)(H,104,105)(H4,71,72,73)/t34-,35-,36-,40-,42-,43-,44-,45-,46-,47-,48-,53-,54-/m0/s1. The van der Waals surface area contributed by atoms with Gasteiger partial charge in [-0.1, -0.05) is 82.6 Å². The van der Waals surface area contributed by atoms with E-state index in [0.29, 0.717) is 29.3 Å². The first-order valence-electron chi connectivity index (χ1n) is 34.1. The zero-order valence-corrected chi connectivity index (χ0v) is 59.3. The summed E-state index contributed by atoms with van der Waals surface area (Å²) >= 11 is 0. The average Bonchev–Trinajstić information content (AvgIpc) is 1.12. The molecule has 0 aliphatic heterocycles. The summed E-state index contributed by atoms with van der Waals surface area (Å²) in [6, 6.07) is -3.78. The van der Waals surface area contributed by atoms with E-state index in [1.165, 1.54) is 20.0 Å². The fraction of sp³-hybridized carbons (Fsp3) is 0.537. The molecule has 38 nitrogen and oxygen atoms in total. The number of carboxylic acid groups (broad SMARTS) is 4. The third-order valence-corrected chi connectivity index (χ3v) is 16.7. The number of benzene rings is 2. The molecule has 0 spiro atoms. The molecule has 3 rings (SSSR count). The highest BCUT2D eigenvalue weighted by atomic mass is 16.4. The lowest BCUT2D eigenvalue weighted by Gasteiger charge is -2.29. The number of unbranched alkanes of at least 4 members (excludes halogenated alkanes) is 1. The Hall–Kier alpha value is -11.3. The van der Waals surface area contributed by atoms with Crippen LogP contribution in [-0.2, 0) is 89.6 Å². The van der Waals surface area contributed by atoms with Gasteiger partial charge in [-0.05, 0) is 101 Å². The van der Waals surface area contributed by atoms with Gasteiger partial charge in [-0.2, -0.15) is 0 Å². The Morgan fingerprint density at radius 3 is 1.44 bits per heavy atom. The number of primary amides is 1. The number of carboxylic acids is 4. The van der Waals surface area contributed by atoms with Gasteiger partial charge in [0.2, 0.25) is 70.9 Å². The van der Waals surface area contributed by atoms with Gasteiger partial charge >= 0.3 is 23.9 Å². The number of para-hydroxylation sites is 1. The van der Waals surface area contributed by atoms with Crippen molar-refractivity contribution in [3.8, 4) is 0 Å². The Morgan fingerprint density at radius 1 is 0.457 bits per heavy atom. The third kappa shape index (κ3) is 31.1. The molecule has 12 amide bonds. The Bertz CT molecular complexity index is 3570. The van der Waals surface area contributed by atoms with Gasteiger partial charge in [-0.25, -0.2) is 4.79 Å². The molecule has 38 heteroatoms. The van der Waals surface area contributed by atoms with Crippen LogP contribution < -0.4 is 87.2 Å². The number of aromatic amines is 1. The molecule has 578 valence electrons. The summed E-state index contributed by atoms with van der Waals surface area (Å²) < 4.78 is 0. The van der Waals surface area contributed by atoms with Crippen LogP contribution in [0.1, 0.15) is 130 Å². The molecule has 26 N–H and O–H groups in total. The first-order valence-corrected chi connectivity index (χ1v) is 34.1. The van der Waals surface area contributed by atoms with Crippen LogP contribution in [0.15, 0.2) is 65.8 Å². The monoisotopic (exact) mass is 1480 g/mol. The highest BCUT2D eigenvalue weighted by Gasteiger charge is 2.38. The topological polar surface area (TPSA) is 645 Å². The summed E-state index contributed by atoms with van der Waals surface area (Å²) in [5.74, 6) is -20.6. The summed E-state index contributed by atoms with van der Waals surface area (Å²) in [6.07, 6.45) is -2.32. The van der Waals surface area contributed by atoms with Gasteiger partial charge in [0.25, 0.3) is 0 Å². The Kier molecular flexibility index (Phi) is 37.1. The Balaban J connectivity index is 1.88. The highest BCUT2D eigenvalue weighted by Crippen LogP contribution is 2.20. The molecule has 105 heavy (non-hydrogen) atoms. The molecule has 1 heterocycles. The number of carbonyl (C=O) groups excluding carboxylic acids is 12. The Labute approximate surface area is 604 Å². The number of nitrogens with two attached hydrogens (primary N) is 5. The van der Waals surface area contributed by atoms with Crippen LogP contribution in [0.2, 0.25) is 0 Å². The number of hydrogen-bond acceptors (Lipinski definition) is 19. The maximum atomic E-state index is 14.6. The fourth-order valence-corrected chi connectivity index (χ4v) is 10.5. The summed E-state index contributed by atoms with van der Waals surface area (Å²) in [7, 11) is 0. The quantitative estimate of drug-likeness (QED) is 0.0144. The molecule has 2 aromatic carbocycles. The summed E-state index contributed by atoms with van der Waals surface area (Å²) in [4.78, 5) is 221. The SMILES string of the molecule is CC[C@H](C)[C@H](NC(=O)[C@H](CC(=O)O)NC(=O)[C@@H](NC(=O)[C@H](C)NC(=O)[C@H](CCC(=O)O)NC(=O)[C@H](Cc1c[nH]c2ccccc12)NC(=O)[C@H](C)NC(=O)[C@H](CC(=O)O)NC(=O)[C@H](CCC(N)=O)NC(=O)[C@H](CCCCN)NC(=O)[C@@H](N)Cc1ccccc1)C(C)C)C(=O)N[C@@H](CCCN=C(N)N)C(=O)O. The number of aromatic nitrogens is 1. The van der Waals surface area contributed by atoms with Gasteiger partial charge in [-0.15, -0.1) is 0 Å². The van der Waals surface area contributed by atoms with E-state index in [9.17, 15) is 97.1 Å². The molecular formula is C67H100N18O20. The second-order valence-corrected chi connectivity index (χ2v) is 25.6. The Morgan fingerprint density at radius 2 is 0.905 bits per heavy atom. The molecule has 1 aromatic heterocycles. The van der Waals surface area contributed by atoms with Crippen molar-refractivity contribution >= 4 is 112 Å². The predicted octanol–water partition coefficient (Wildman–Crippen LogP) is -4.30. The molecule has 3 aromatic rings. The zero-order valence-electron chi connectivity index (χ0n) is 59.3. The van der Waals surface area contributed by atoms with E-state index in [0.717, 1.165) is 19.4 Å². The van der Waals surface area contributed by atoms with Crippen LogP contribution >= 0.6 is 0 Å². The van der Waals surface area contributed by atoms with E-state index in [2.05, 4.69) is 68.5 Å². The largest absolute Gasteiger partial charge is 0.481 e. The minimum absolute atomic E-state index is 0.00778. The van der Waals surface area contributed by atoms with Crippen molar-refractivity contribution in [2.24, 2.45) is 45.5 Å². The second kappa shape index (κ2) is 44.3. The summed E-state index contributed by atoms with van der Waals surface area (Å²) in [5.41, 5.74) is 29.7. The molecule has 0 unspecified atom stereocenters. The van der Waals surface area contributed by atoms with E-state index in [1.54, 1.807) is 68.4 Å². The van der Waals surface area contributed by atoms with Crippen molar-refractivity contribution in [2.45, 2.75) is 204 Å². The molecule has 13 atom stereocenters. The average molecular weight is 1480 g/mol. The number of guanidine groups is 1. The number of rotatable bonds is 48. The van der Waals surface area contributed by atoms with Crippen LogP contribution in [0, 0.1) is 11.8 Å². The summed E-state index contributed by atoms with van der Waals surface area (Å²) in [5, 5.41) is 66.1. The van der Waals surface area contributed by atoms with Crippen LogP contribution in [0.5, 0.6) is 0 Å². The van der Waals surface area contributed by atoms with Gasteiger partial charge in [0.15, 0.2) is 5.96 Å². The number of carbonyl (C=O) groups is 16. The number of nitrogens with zero attached hydrogens (tertiary/aromatic N) is 1. The summed E-state index contributed by atoms with van der Waals surface area (Å²) in [6.45, 7) is 8.67. The first-order chi connectivity index (χ1) is 49.5. The normalized spacial score (nSPS) is 14.8. The molecule has 0 fully saturated rings. The molecule has 0 saturated carbocycles. The fourth-order valence-electron chi connectivity index (χ4n) is 10.5. The third-order valence-electron chi connectivity index (χ3n) is 16.7. The van der Waals surface area contributed by atoms with Gasteiger partial charge in [0.05, 0.1) is 18.9 Å². The predicted molar refractivity (Wildman–Crippen MR) is 377 cm³/mol. The van der Waals surface area contributed by atoms with E-state index < -0.39 is 218 Å². The van der Waals surface area contributed by atoms with Crippen LogP contribution in [-0.4, -0.2) is 212 Å². The van der Waals surface area contributed by atoms with E-state index in [-0.39, 0.29) is 57.6 Å². The van der Waals surface area contributed by atoms with Gasteiger partial charge < -0.3 is 113 Å². The van der Waals surface area contributed by atoms with Crippen molar-refractivity contribution < 1.29 is 97.1 Å². The molecule has 0 aliphatic carbocycles.